The Hall–Kier alpha value is -0.700. The molecule has 1 heterocycles. The number of alkyl halides is 1. The minimum absolute atomic E-state index is 0.336. The molecule has 1 aromatic rings. The lowest BCUT2D eigenvalue weighted by molar-refractivity contribution is 0.276. The van der Waals surface area contributed by atoms with Crippen LogP contribution in [-0.4, -0.2) is 11.8 Å². The maximum absolute atomic E-state index is 5.48. The van der Waals surface area contributed by atoms with Crippen molar-refractivity contribution < 1.29 is 9.26 Å². The summed E-state index contributed by atoms with van der Waals surface area (Å²) < 4.78 is 9.98. The van der Waals surface area contributed by atoms with E-state index >= 15 is 0 Å². The standard InChI is InChI=1S/C7H10ClNO2/c1-2-3-10-7-4-6(5-8)11-9-7/h4H,2-3,5H2,1H3. The van der Waals surface area contributed by atoms with Crippen molar-refractivity contribution in [3.8, 4) is 5.88 Å². The van der Waals surface area contributed by atoms with Crippen molar-refractivity contribution >= 4 is 11.6 Å². The summed E-state index contributed by atoms with van der Waals surface area (Å²) in [7, 11) is 0. The minimum Gasteiger partial charge on any atom is -0.476 e. The van der Waals surface area contributed by atoms with Crippen LogP contribution in [0.15, 0.2) is 10.6 Å². The van der Waals surface area contributed by atoms with Crippen molar-refractivity contribution in [3.05, 3.63) is 11.8 Å². The lowest BCUT2D eigenvalue weighted by Gasteiger charge is -1.95. The van der Waals surface area contributed by atoms with Crippen molar-refractivity contribution in [2.45, 2.75) is 19.2 Å². The first-order valence-electron chi connectivity index (χ1n) is 3.51. The first-order valence-corrected chi connectivity index (χ1v) is 4.04. The van der Waals surface area contributed by atoms with Gasteiger partial charge in [0.2, 0.25) is 0 Å². The van der Waals surface area contributed by atoms with Gasteiger partial charge in [-0.05, 0) is 11.6 Å². The molecule has 0 aliphatic rings. The molecule has 1 rings (SSSR count). The molecule has 3 nitrogen and oxygen atoms in total. The van der Waals surface area contributed by atoms with Crippen LogP contribution in [-0.2, 0) is 5.88 Å². The molecule has 62 valence electrons. The summed E-state index contributed by atoms with van der Waals surface area (Å²) in [5.74, 6) is 1.49. The summed E-state index contributed by atoms with van der Waals surface area (Å²) in [6, 6.07) is 1.70. The fourth-order valence-electron chi connectivity index (χ4n) is 0.632. The van der Waals surface area contributed by atoms with Crippen molar-refractivity contribution in [2.75, 3.05) is 6.61 Å². The Morgan fingerprint density at radius 3 is 3.09 bits per heavy atom. The molecule has 0 bridgehead atoms. The zero-order valence-corrected chi connectivity index (χ0v) is 7.10. The number of halogens is 1. The Morgan fingerprint density at radius 1 is 1.73 bits per heavy atom. The monoisotopic (exact) mass is 175 g/mol. The fraction of sp³-hybridized carbons (Fsp3) is 0.571. The van der Waals surface area contributed by atoms with E-state index in [9.17, 15) is 0 Å². The molecule has 0 amide bonds. The smallest absolute Gasteiger partial charge is 0.254 e. The van der Waals surface area contributed by atoms with Crippen LogP contribution < -0.4 is 4.74 Å². The second-order valence-corrected chi connectivity index (χ2v) is 2.38. The van der Waals surface area contributed by atoms with Crippen molar-refractivity contribution in [2.24, 2.45) is 0 Å². The highest BCUT2D eigenvalue weighted by atomic mass is 35.5. The molecule has 0 atom stereocenters. The van der Waals surface area contributed by atoms with Crippen molar-refractivity contribution in [1.82, 2.24) is 5.16 Å². The van der Waals surface area contributed by atoms with Gasteiger partial charge >= 0.3 is 0 Å². The van der Waals surface area contributed by atoms with Crippen LogP contribution in [0.3, 0.4) is 0 Å². The maximum Gasteiger partial charge on any atom is 0.254 e. The average molecular weight is 176 g/mol. The quantitative estimate of drug-likeness (QED) is 0.659. The van der Waals surface area contributed by atoms with Gasteiger partial charge in [0.1, 0.15) is 0 Å². The summed E-state index contributed by atoms with van der Waals surface area (Å²) in [6.45, 7) is 2.69. The Balaban J connectivity index is 2.44. The van der Waals surface area contributed by atoms with E-state index in [0.717, 1.165) is 6.42 Å². The van der Waals surface area contributed by atoms with Crippen LogP contribution in [0.25, 0.3) is 0 Å². The number of ether oxygens (including phenoxy) is 1. The van der Waals surface area contributed by atoms with E-state index in [0.29, 0.717) is 24.1 Å². The highest BCUT2D eigenvalue weighted by Crippen LogP contribution is 2.12. The summed E-state index contributed by atoms with van der Waals surface area (Å²) in [6.07, 6.45) is 0.961. The number of hydrogen-bond donors (Lipinski definition) is 0. The molecular formula is C7H10ClNO2. The van der Waals surface area contributed by atoms with E-state index in [-0.39, 0.29) is 0 Å². The van der Waals surface area contributed by atoms with Gasteiger partial charge in [0.25, 0.3) is 5.88 Å². The second-order valence-electron chi connectivity index (χ2n) is 2.11. The van der Waals surface area contributed by atoms with Gasteiger partial charge in [-0.15, -0.1) is 11.6 Å². The molecule has 11 heavy (non-hydrogen) atoms. The molecule has 0 fully saturated rings. The van der Waals surface area contributed by atoms with Crippen LogP contribution in [0.1, 0.15) is 19.1 Å². The second kappa shape index (κ2) is 4.23. The van der Waals surface area contributed by atoms with Gasteiger partial charge in [-0.1, -0.05) is 6.92 Å². The predicted octanol–water partition coefficient (Wildman–Crippen LogP) is 2.20. The van der Waals surface area contributed by atoms with E-state index in [2.05, 4.69) is 5.16 Å². The van der Waals surface area contributed by atoms with E-state index in [1.807, 2.05) is 6.92 Å². The largest absolute Gasteiger partial charge is 0.476 e. The lowest BCUT2D eigenvalue weighted by Crippen LogP contribution is -1.94. The predicted molar refractivity (Wildman–Crippen MR) is 41.8 cm³/mol. The highest BCUT2D eigenvalue weighted by molar-refractivity contribution is 6.16. The third-order valence-electron chi connectivity index (χ3n) is 1.12. The normalized spacial score (nSPS) is 10.0. The molecule has 0 aliphatic carbocycles. The Kier molecular flexibility index (Phi) is 3.23. The van der Waals surface area contributed by atoms with Gasteiger partial charge in [-0.25, -0.2) is 0 Å². The highest BCUT2D eigenvalue weighted by Gasteiger charge is 2.01. The van der Waals surface area contributed by atoms with E-state index in [1.54, 1.807) is 6.07 Å². The molecule has 1 aromatic heterocycles. The molecule has 0 aliphatic heterocycles. The average Bonchev–Trinajstić information content (AvgIpc) is 2.48. The summed E-state index contributed by atoms with van der Waals surface area (Å²) in [4.78, 5) is 0. The van der Waals surface area contributed by atoms with Gasteiger partial charge in [0.05, 0.1) is 12.5 Å². The van der Waals surface area contributed by atoms with Crippen molar-refractivity contribution in [3.63, 3.8) is 0 Å². The van der Waals surface area contributed by atoms with E-state index in [4.69, 9.17) is 20.9 Å². The molecule has 4 heteroatoms. The molecule has 0 saturated heterocycles. The van der Waals surface area contributed by atoms with Gasteiger partial charge < -0.3 is 9.26 Å². The van der Waals surface area contributed by atoms with Gasteiger partial charge in [0.15, 0.2) is 5.76 Å². The van der Waals surface area contributed by atoms with Crippen molar-refractivity contribution in [1.29, 1.82) is 0 Å². The zero-order chi connectivity index (χ0) is 8.10. The van der Waals surface area contributed by atoms with E-state index < -0.39 is 0 Å². The van der Waals surface area contributed by atoms with Gasteiger partial charge in [-0.2, -0.15) is 0 Å². The molecule has 0 spiro atoms. The first kappa shape index (κ1) is 8.40. The molecule has 0 radical (unpaired) electrons. The number of nitrogens with zero attached hydrogens (tertiary/aromatic N) is 1. The SMILES string of the molecule is CCCOc1cc(CCl)on1. The fourth-order valence-corrected chi connectivity index (χ4v) is 0.758. The summed E-state index contributed by atoms with van der Waals surface area (Å²) >= 11 is 5.48. The molecule has 0 saturated carbocycles. The number of aromatic nitrogens is 1. The maximum atomic E-state index is 5.48. The zero-order valence-electron chi connectivity index (χ0n) is 6.34. The van der Waals surface area contributed by atoms with Crippen LogP contribution in [0.2, 0.25) is 0 Å². The summed E-state index contributed by atoms with van der Waals surface area (Å²) in [5, 5.41) is 3.64. The first-order chi connectivity index (χ1) is 5.36. The number of rotatable bonds is 4. The number of hydrogen-bond acceptors (Lipinski definition) is 3. The molecule has 0 aromatic carbocycles. The minimum atomic E-state index is 0.336. The van der Waals surface area contributed by atoms with E-state index in [1.165, 1.54) is 0 Å². The van der Waals surface area contributed by atoms with Crippen LogP contribution in [0, 0.1) is 0 Å². The molecule has 0 unspecified atom stereocenters. The summed E-state index contributed by atoms with van der Waals surface area (Å²) in [5.41, 5.74) is 0. The van der Waals surface area contributed by atoms with Crippen LogP contribution >= 0.6 is 11.6 Å². The third kappa shape index (κ3) is 2.42. The topological polar surface area (TPSA) is 35.3 Å². The van der Waals surface area contributed by atoms with Gasteiger partial charge in [0, 0.05) is 6.07 Å². The Labute approximate surface area is 70.3 Å². The third-order valence-corrected chi connectivity index (χ3v) is 1.39. The van der Waals surface area contributed by atoms with Gasteiger partial charge in [-0.3, -0.25) is 0 Å². The lowest BCUT2D eigenvalue weighted by atomic mass is 10.5. The Morgan fingerprint density at radius 2 is 2.55 bits per heavy atom. The molecular weight excluding hydrogens is 166 g/mol. The Bertz CT molecular complexity index is 212. The van der Waals surface area contributed by atoms with Crippen LogP contribution in [0.4, 0.5) is 0 Å². The van der Waals surface area contributed by atoms with Crippen LogP contribution in [0.5, 0.6) is 5.88 Å². The molecule has 0 N–H and O–H groups in total.